The van der Waals surface area contributed by atoms with Gasteiger partial charge in [-0.25, -0.2) is 0 Å². The van der Waals surface area contributed by atoms with Crippen molar-refractivity contribution >= 4 is 51.3 Å². The zero-order valence-corrected chi connectivity index (χ0v) is 18.4. The minimum atomic E-state index is -0.124. The summed E-state index contributed by atoms with van der Waals surface area (Å²) in [5.74, 6) is 0.289. The second-order valence-electron chi connectivity index (χ2n) is 6.50. The number of benzene rings is 1. The number of nitrogens with one attached hydrogen (secondary N) is 2. The molecule has 0 saturated carbocycles. The average molecular weight is 430 g/mol. The first kappa shape index (κ1) is 21.1. The highest BCUT2D eigenvalue weighted by Crippen LogP contribution is 2.29. The van der Waals surface area contributed by atoms with Crippen molar-refractivity contribution in [3.63, 3.8) is 0 Å². The summed E-state index contributed by atoms with van der Waals surface area (Å²) >= 11 is 2.77. The highest BCUT2D eigenvalue weighted by molar-refractivity contribution is 8.01. The Morgan fingerprint density at radius 1 is 1.17 bits per heavy atom. The molecule has 1 aromatic carbocycles. The molecule has 0 fully saturated rings. The number of aromatic nitrogens is 3. The number of carbonyl (C=O) groups excluding carboxylic acids is 2. The summed E-state index contributed by atoms with van der Waals surface area (Å²) in [4.78, 5) is 23.8. The van der Waals surface area contributed by atoms with Gasteiger partial charge in [0.2, 0.25) is 11.0 Å². The van der Waals surface area contributed by atoms with E-state index in [2.05, 4.69) is 32.3 Å². The molecule has 0 saturated heterocycles. The van der Waals surface area contributed by atoms with Crippen LogP contribution in [0.3, 0.4) is 0 Å². The van der Waals surface area contributed by atoms with E-state index < -0.39 is 0 Å². The Labute approximate surface area is 177 Å². The summed E-state index contributed by atoms with van der Waals surface area (Å²) < 4.78 is 2.86. The van der Waals surface area contributed by atoms with E-state index in [-0.39, 0.29) is 11.7 Å². The number of anilines is 3. The normalized spacial score (nSPS) is 10.8. The largest absolute Gasteiger partial charge is 0.349 e. The first-order valence-electron chi connectivity index (χ1n) is 9.18. The van der Waals surface area contributed by atoms with Gasteiger partial charge in [-0.05, 0) is 45.0 Å². The SMILES string of the molecule is CCn1c(C)cc(C(=O)CSc2nnc(Nc3cccc(NC(C)=O)c3)s2)c1C. The lowest BCUT2D eigenvalue weighted by Gasteiger charge is -2.05. The van der Waals surface area contributed by atoms with Crippen LogP contribution in [-0.2, 0) is 11.3 Å². The van der Waals surface area contributed by atoms with Gasteiger partial charge in [-0.15, -0.1) is 10.2 Å². The second kappa shape index (κ2) is 9.23. The Morgan fingerprint density at radius 3 is 2.62 bits per heavy atom. The van der Waals surface area contributed by atoms with E-state index in [1.807, 2.05) is 44.2 Å². The molecule has 0 aliphatic rings. The van der Waals surface area contributed by atoms with E-state index in [1.54, 1.807) is 0 Å². The van der Waals surface area contributed by atoms with Gasteiger partial charge in [0.15, 0.2) is 10.1 Å². The van der Waals surface area contributed by atoms with Crippen LogP contribution in [0, 0.1) is 13.8 Å². The third-order valence-electron chi connectivity index (χ3n) is 4.36. The van der Waals surface area contributed by atoms with Crippen molar-refractivity contribution in [2.24, 2.45) is 0 Å². The zero-order valence-electron chi connectivity index (χ0n) is 16.8. The average Bonchev–Trinajstić information content (AvgIpc) is 3.23. The molecule has 1 amide bonds. The molecule has 7 nitrogen and oxygen atoms in total. The predicted octanol–water partition coefficient (Wildman–Crippen LogP) is 4.65. The Kier molecular flexibility index (Phi) is 6.71. The van der Waals surface area contributed by atoms with Gasteiger partial charge in [0, 0.05) is 41.8 Å². The van der Waals surface area contributed by atoms with Gasteiger partial charge in [0.05, 0.1) is 5.75 Å². The van der Waals surface area contributed by atoms with Crippen LogP contribution in [0.15, 0.2) is 34.7 Å². The molecule has 0 atom stereocenters. The van der Waals surface area contributed by atoms with E-state index in [1.165, 1.54) is 30.0 Å². The summed E-state index contributed by atoms with van der Waals surface area (Å²) in [6.07, 6.45) is 0. The molecule has 9 heteroatoms. The van der Waals surface area contributed by atoms with Gasteiger partial charge < -0.3 is 15.2 Å². The zero-order chi connectivity index (χ0) is 21.0. The van der Waals surface area contributed by atoms with E-state index >= 15 is 0 Å². The number of hydrogen-bond donors (Lipinski definition) is 2. The van der Waals surface area contributed by atoms with Crippen LogP contribution in [-0.4, -0.2) is 32.2 Å². The smallest absolute Gasteiger partial charge is 0.221 e. The van der Waals surface area contributed by atoms with Gasteiger partial charge in [-0.2, -0.15) is 0 Å². The van der Waals surface area contributed by atoms with Gasteiger partial charge in [-0.1, -0.05) is 29.2 Å². The summed E-state index contributed by atoms with van der Waals surface area (Å²) in [5.41, 5.74) is 4.38. The molecule has 0 aliphatic heterocycles. The van der Waals surface area contributed by atoms with Gasteiger partial charge in [-0.3, -0.25) is 9.59 Å². The maximum absolute atomic E-state index is 12.6. The van der Waals surface area contributed by atoms with E-state index in [9.17, 15) is 9.59 Å². The number of nitrogens with zero attached hydrogens (tertiary/aromatic N) is 3. The lowest BCUT2D eigenvalue weighted by atomic mass is 10.2. The van der Waals surface area contributed by atoms with Gasteiger partial charge >= 0.3 is 0 Å². The third-order valence-corrected chi connectivity index (χ3v) is 6.33. The summed E-state index contributed by atoms with van der Waals surface area (Å²) in [7, 11) is 0. The van der Waals surface area contributed by atoms with Crippen molar-refractivity contribution in [1.29, 1.82) is 0 Å². The Bertz CT molecular complexity index is 1040. The Balaban J connectivity index is 1.61. The molecule has 0 radical (unpaired) electrons. The first-order valence-corrected chi connectivity index (χ1v) is 11.0. The molecule has 29 heavy (non-hydrogen) atoms. The predicted molar refractivity (Wildman–Crippen MR) is 119 cm³/mol. The quantitative estimate of drug-likeness (QED) is 0.400. The van der Waals surface area contributed by atoms with E-state index in [0.717, 1.165) is 33.5 Å². The number of hydrogen-bond acceptors (Lipinski definition) is 7. The fourth-order valence-electron chi connectivity index (χ4n) is 3.10. The lowest BCUT2D eigenvalue weighted by Crippen LogP contribution is -2.05. The van der Waals surface area contributed by atoms with Crippen LogP contribution in [0.5, 0.6) is 0 Å². The van der Waals surface area contributed by atoms with Crippen LogP contribution >= 0.6 is 23.1 Å². The van der Waals surface area contributed by atoms with Crippen molar-refractivity contribution in [2.45, 2.75) is 38.6 Å². The highest BCUT2D eigenvalue weighted by Gasteiger charge is 2.16. The molecule has 2 aromatic heterocycles. The van der Waals surface area contributed by atoms with Crippen molar-refractivity contribution in [1.82, 2.24) is 14.8 Å². The number of rotatable bonds is 8. The lowest BCUT2D eigenvalue weighted by molar-refractivity contribution is -0.114. The molecular weight excluding hydrogens is 406 g/mol. The topological polar surface area (TPSA) is 88.9 Å². The molecule has 152 valence electrons. The molecule has 3 rings (SSSR count). The number of Topliss-reactive ketones (excluding diaryl/α,β-unsaturated/α-hetero) is 1. The number of ketones is 1. The van der Waals surface area contributed by atoms with Gasteiger partial charge in [0.25, 0.3) is 0 Å². The fourth-order valence-corrected chi connectivity index (χ4v) is 4.75. The summed E-state index contributed by atoms with van der Waals surface area (Å²) in [6, 6.07) is 9.32. The van der Waals surface area contributed by atoms with Crippen LogP contribution in [0.2, 0.25) is 0 Å². The Morgan fingerprint density at radius 2 is 1.93 bits per heavy atom. The molecule has 0 unspecified atom stereocenters. The minimum Gasteiger partial charge on any atom is -0.349 e. The molecule has 3 aromatic rings. The maximum Gasteiger partial charge on any atom is 0.221 e. The molecular formula is C20H23N5O2S2. The molecule has 0 spiro atoms. The standard InChI is InChI=1S/C20H23N5O2S2/c1-5-25-12(2)9-17(13(25)3)18(27)11-28-20-24-23-19(29-20)22-16-8-6-7-15(10-16)21-14(4)26/h6-10H,5,11H2,1-4H3,(H,21,26)(H,22,23). The summed E-state index contributed by atoms with van der Waals surface area (Å²) in [5, 5.41) is 14.8. The van der Waals surface area contributed by atoms with E-state index in [4.69, 9.17) is 0 Å². The number of aryl methyl sites for hydroxylation is 1. The monoisotopic (exact) mass is 429 g/mol. The summed E-state index contributed by atoms with van der Waals surface area (Å²) in [6.45, 7) is 8.40. The number of thioether (sulfide) groups is 1. The molecule has 2 heterocycles. The molecule has 0 aliphatic carbocycles. The first-order chi connectivity index (χ1) is 13.9. The highest BCUT2D eigenvalue weighted by atomic mass is 32.2. The number of carbonyl (C=O) groups is 2. The third kappa shape index (κ3) is 5.24. The van der Waals surface area contributed by atoms with Gasteiger partial charge in [0.1, 0.15) is 0 Å². The number of amides is 1. The van der Waals surface area contributed by atoms with Crippen LogP contribution < -0.4 is 10.6 Å². The van der Waals surface area contributed by atoms with E-state index in [0.29, 0.717) is 16.6 Å². The van der Waals surface area contributed by atoms with Crippen LogP contribution in [0.1, 0.15) is 35.6 Å². The maximum atomic E-state index is 12.6. The van der Waals surface area contributed by atoms with Crippen molar-refractivity contribution in [3.05, 3.63) is 47.3 Å². The molecule has 2 N–H and O–H groups in total. The van der Waals surface area contributed by atoms with Crippen LogP contribution in [0.4, 0.5) is 16.5 Å². The second-order valence-corrected chi connectivity index (χ2v) is 8.70. The Hall–Kier alpha value is -2.65. The van der Waals surface area contributed by atoms with Crippen molar-refractivity contribution in [3.8, 4) is 0 Å². The minimum absolute atomic E-state index is 0.0931. The van der Waals surface area contributed by atoms with Crippen LogP contribution in [0.25, 0.3) is 0 Å². The fraction of sp³-hybridized carbons (Fsp3) is 0.300. The molecule has 0 bridgehead atoms. The van der Waals surface area contributed by atoms with Crippen molar-refractivity contribution < 1.29 is 9.59 Å². The van der Waals surface area contributed by atoms with Crippen molar-refractivity contribution in [2.75, 3.05) is 16.4 Å².